The number of tetrazole rings is 1. The van der Waals surface area contributed by atoms with Crippen LogP contribution < -0.4 is 19.9 Å². The zero-order chi connectivity index (χ0) is 25.4. The Balaban J connectivity index is 1.48. The Morgan fingerprint density at radius 1 is 0.973 bits per heavy atom. The van der Waals surface area contributed by atoms with E-state index in [1.165, 1.54) is 5.56 Å². The largest absolute Gasteiger partial charge is 0.497 e. The van der Waals surface area contributed by atoms with Crippen molar-refractivity contribution in [2.24, 2.45) is 0 Å². The number of para-hydroxylation sites is 1. The van der Waals surface area contributed by atoms with Crippen LogP contribution in [0.15, 0.2) is 77.6 Å². The molecule has 1 aliphatic heterocycles. The second-order valence-corrected chi connectivity index (χ2v) is 9.02. The first-order valence-corrected chi connectivity index (χ1v) is 12.1. The Morgan fingerprint density at radius 3 is 2.57 bits per heavy atom. The Hall–Kier alpha value is -4.66. The third-order valence-electron chi connectivity index (χ3n) is 6.91. The maximum absolute atomic E-state index is 13.6. The highest BCUT2D eigenvalue weighted by Crippen LogP contribution is 2.37. The van der Waals surface area contributed by atoms with Gasteiger partial charge in [-0.1, -0.05) is 30.3 Å². The molecule has 0 amide bonds. The molecule has 0 radical (unpaired) electrons. The number of pyridine rings is 1. The summed E-state index contributed by atoms with van der Waals surface area (Å²) < 4.78 is 12.4. The fraction of sp³-hybridized carbons (Fsp3) is 0.214. The van der Waals surface area contributed by atoms with Crippen LogP contribution in [0.1, 0.15) is 28.6 Å². The molecule has 0 bridgehead atoms. The molecule has 5 aromatic rings. The minimum atomic E-state index is -0.479. The molecule has 186 valence electrons. The van der Waals surface area contributed by atoms with Gasteiger partial charge in [-0.15, -0.1) is 5.10 Å². The topological polar surface area (TPSA) is 98.2 Å². The molecule has 2 aromatic heterocycles. The van der Waals surface area contributed by atoms with Crippen molar-refractivity contribution < 1.29 is 9.47 Å². The maximum atomic E-state index is 13.6. The van der Waals surface area contributed by atoms with E-state index in [1.54, 1.807) is 18.9 Å². The highest BCUT2D eigenvalue weighted by molar-refractivity contribution is 5.81. The van der Waals surface area contributed by atoms with E-state index in [1.807, 2.05) is 60.7 Å². The predicted octanol–water partition coefficient (Wildman–Crippen LogP) is 3.73. The zero-order valence-electron chi connectivity index (χ0n) is 20.6. The molecule has 0 saturated carbocycles. The SMILES string of the molecule is COc1ccc(Cn2nnnc2[C@H](c2cc3ccc(OC)cc3[nH]c2=O)N2CCc3ccccc32)cc1. The summed E-state index contributed by atoms with van der Waals surface area (Å²) >= 11 is 0. The minimum Gasteiger partial charge on any atom is -0.497 e. The van der Waals surface area contributed by atoms with Crippen molar-refractivity contribution in [3.63, 3.8) is 0 Å². The van der Waals surface area contributed by atoms with Crippen LogP contribution in [0, 0.1) is 0 Å². The number of hydrogen-bond acceptors (Lipinski definition) is 7. The first kappa shape index (κ1) is 22.8. The third-order valence-corrected chi connectivity index (χ3v) is 6.91. The predicted molar refractivity (Wildman–Crippen MR) is 140 cm³/mol. The van der Waals surface area contributed by atoms with Crippen molar-refractivity contribution in [2.45, 2.75) is 19.0 Å². The first-order chi connectivity index (χ1) is 18.1. The molecule has 0 spiro atoms. The number of anilines is 1. The molecule has 6 rings (SSSR count). The molecular weight excluding hydrogens is 468 g/mol. The van der Waals surface area contributed by atoms with Gasteiger partial charge in [0.25, 0.3) is 5.56 Å². The van der Waals surface area contributed by atoms with E-state index < -0.39 is 6.04 Å². The van der Waals surface area contributed by atoms with Crippen molar-refractivity contribution >= 4 is 16.6 Å². The summed E-state index contributed by atoms with van der Waals surface area (Å²) in [6.07, 6.45) is 0.884. The average molecular weight is 495 g/mol. The number of nitrogens with zero attached hydrogens (tertiary/aromatic N) is 5. The summed E-state index contributed by atoms with van der Waals surface area (Å²) in [7, 11) is 3.25. The number of nitrogens with one attached hydrogen (secondary N) is 1. The van der Waals surface area contributed by atoms with Gasteiger partial charge < -0.3 is 19.4 Å². The van der Waals surface area contributed by atoms with E-state index in [0.717, 1.165) is 35.4 Å². The van der Waals surface area contributed by atoms with Crippen LogP contribution in [-0.2, 0) is 13.0 Å². The number of benzene rings is 3. The van der Waals surface area contributed by atoms with Gasteiger partial charge in [-0.2, -0.15) is 0 Å². The number of rotatable bonds is 7. The Bertz CT molecular complexity index is 1630. The maximum Gasteiger partial charge on any atom is 0.254 e. The fourth-order valence-electron chi connectivity index (χ4n) is 5.03. The lowest BCUT2D eigenvalue weighted by Crippen LogP contribution is -2.34. The summed E-state index contributed by atoms with van der Waals surface area (Å²) in [5.41, 5.74) is 4.46. The molecule has 9 nitrogen and oxygen atoms in total. The molecule has 0 aliphatic carbocycles. The number of aromatic nitrogens is 5. The Morgan fingerprint density at radius 2 is 1.76 bits per heavy atom. The Labute approximate surface area is 213 Å². The second kappa shape index (κ2) is 9.42. The van der Waals surface area contributed by atoms with Crippen LogP contribution >= 0.6 is 0 Å². The summed E-state index contributed by atoms with van der Waals surface area (Å²) in [6, 6.07) is 23.2. The molecule has 0 fully saturated rings. The molecule has 1 aliphatic rings. The van der Waals surface area contributed by atoms with Gasteiger partial charge >= 0.3 is 0 Å². The normalized spacial score (nSPS) is 13.5. The van der Waals surface area contributed by atoms with Crippen molar-refractivity contribution in [2.75, 3.05) is 25.7 Å². The van der Waals surface area contributed by atoms with Gasteiger partial charge in [0.1, 0.15) is 17.5 Å². The molecule has 3 aromatic carbocycles. The van der Waals surface area contributed by atoms with Crippen molar-refractivity contribution in [3.8, 4) is 11.5 Å². The Kier molecular flexibility index (Phi) is 5.80. The van der Waals surface area contributed by atoms with Gasteiger partial charge in [-0.3, -0.25) is 4.79 Å². The summed E-state index contributed by atoms with van der Waals surface area (Å²) in [6.45, 7) is 1.21. The highest BCUT2D eigenvalue weighted by Gasteiger charge is 2.34. The first-order valence-electron chi connectivity index (χ1n) is 12.1. The van der Waals surface area contributed by atoms with Crippen molar-refractivity contribution in [3.05, 3.63) is 106 Å². The molecule has 37 heavy (non-hydrogen) atoms. The van der Waals surface area contributed by atoms with E-state index in [9.17, 15) is 4.79 Å². The fourth-order valence-corrected chi connectivity index (χ4v) is 5.03. The lowest BCUT2D eigenvalue weighted by molar-refractivity contribution is 0.414. The standard InChI is InChI=1S/C28H26N6O3/c1-36-21-10-7-18(8-11-21)17-34-27(30-31-32-34)26(33-14-13-19-5-3-4-6-25(19)33)23-15-20-9-12-22(37-2)16-24(20)29-28(23)35/h3-12,15-16,26H,13-14,17H2,1-2H3,(H,29,35)/t26-/m0/s1. The summed E-state index contributed by atoms with van der Waals surface area (Å²) in [5.74, 6) is 2.07. The lowest BCUT2D eigenvalue weighted by Gasteiger charge is -2.29. The number of ether oxygens (including phenoxy) is 2. The molecule has 3 heterocycles. The lowest BCUT2D eigenvalue weighted by atomic mass is 10.0. The number of methoxy groups -OCH3 is 2. The van der Waals surface area contributed by atoms with Crippen LogP contribution in [-0.4, -0.2) is 46.0 Å². The third kappa shape index (κ3) is 4.18. The van der Waals surface area contributed by atoms with Crippen LogP contribution in [0.3, 0.4) is 0 Å². The van der Waals surface area contributed by atoms with E-state index >= 15 is 0 Å². The zero-order valence-corrected chi connectivity index (χ0v) is 20.6. The van der Waals surface area contributed by atoms with Crippen LogP contribution in [0.4, 0.5) is 5.69 Å². The average Bonchev–Trinajstić information content (AvgIpc) is 3.57. The molecule has 1 atom stereocenters. The molecular formula is C28H26N6O3. The molecule has 0 unspecified atom stereocenters. The highest BCUT2D eigenvalue weighted by atomic mass is 16.5. The van der Waals surface area contributed by atoms with E-state index in [0.29, 0.717) is 29.2 Å². The second-order valence-electron chi connectivity index (χ2n) is 9.02. The van der Waals surface area contributed by atoms with Gasteiger partial charge in [-0.05, 0) is 69.8 Å². The quantitative estimate of drug-likeness (QED) is 0.368. The van der Waals surface area contributed by atoms with Gasteiger partial charge in [-0.25, -0.2) is 4.68 Å². The van der Waals surface area contributed by atoms with Crippen LogP contribution in [0.2, 0.25) is 0 Å². The van der Waals surface area contributed by atoms with Gasteiger partial charge in [0.2, 0.25) is 0 Å². The van der Waals surface area contributed by atoms with Crippen molar-refractivity contribution in [1.29, 1.82) is 0 Å². The number of H-pyrrole nitrogens is 1. The number of hydrogen-bond donors (Lipinski definition) is 1. The minimum absolute atomic E-state index is 0.186. The van der Waals surface area contributed by atoms with Gasteiger partial charge in [0.15, 0.2) is 5.82 Å². The van der Waals surface area contributed by atoms with Gasteiger partial charge in [0.05, 0.1) is 26.3 Å². The van der Waals surface area contributed by atoms with Crippen molar-refractivity contribution in [1.82, 2.24) is 25.2 Å². The number of aromatic amines is 1. The summed E-state index contributed by atoms with van der Waals surface area (Å²) in [5, 5.41) is 13.7. The van der Waals surface area contributed by atoms with E-state index in [2.05, 4.69) is 37.5 Å². The van der Waals surface area contributed by atoms with E-state index in [-0.39, 0.29) is 5.56 Å². The van der Waals surface area contributed by atoms with Crippen LogP contribution in [0.5, 0.6) is 11.5 Å². The smallest absolute Gasteiger partial charge is 0.254 e. The van der Waals surface area contributed by atoms with E-state index in [4.69, 9.17) is 9.47 Å². The van der Waals surface area contributed by atoms with Gasteiger partial charge in [0, 0.05) is 23.9 Å². The monoisotopic (exact) mass is 494 g/mol. The summed E-state index contributed by atoms with van der Waals surface area (Å²) in [4.78, 5) is 18.8. The number of fused-ring (bicyclic) bond motifs is 2. The molecule has 9 heteroatoms. The van der Waals surface area contributed by atoms with Crippen LogP contribution in [0.25, 0.3) is 10.9 Å². The molecule has 0 saturated heterocycles. The molecule has 1 N–H and O–H groups in total.